The average molecular weight is 375 g/mol. The van der Waals surface area contributed by atoms with Gasteiger partial charge in [-0.15, -0.1) is 12.4 Å². The number of alkyl halides is 3. The summed E-state index contributed by atoms with van der Waals surface area (Å²) in [6.07, 6.45) is 0. The van der Waals surface area contributed by atoms with Crippen LogP contribution >= 0.6 is 35.8 Å². The van der Waals surface area contributed by atoms with E-state index in [-0.39, 0.29) is 30.2 Å². The molecule has 1 aliphatic heterocycles. The lowest BCUT2D eigenvalue weighted by atomic mass is 10.0. The molecule has 0 aromatic heterocycles. The first-order valence-electron chi connectivity index (χ1n) is 6.33. The molecule has 2 rings (SSSR count). The van der Waals surface area contributed by atoms with Crippen LogP contribution in [0.3, 0.4) is 0 Å². The highest BCUT2D eigenvalue weighted by molar-refractivity contribution is 8.00. The minimum absolute atomic E-state index is 0. The van der Waals surface area contributed by atoms with E-state index in [0.717, 1.165) is 5.56 Å². The molecule has 9 heteroatoms. The number of amides is 1. The Balaban J connectivity index is 0.00000242. The van der Waals surface area contributed by atoms with E-state index in [0.29, 0.717) is 24.7 Å². The number of rotatable bonds is 3. The van der Waals surface area contributed by atoms with E-state index in [4.69, 9.17) is 11.6 Å². The Hall–Kier alpha value is -0.630. The van der Waals surface area contributed by atoms with Gasteiger partial charge in [0.05, 0.1) is 11.8 Å². The Kier molecular flexibility index (Phi) is 7.31. The number of nitrogens with one attached hydrogen (secondary N) is 1. The SMILES string of the molecule is Cl.O=C(CSC(F)(F)F)N1CCNCC1c1cccc(Cl)c1. The average Bonchev–Trinajstić information content (AvgIpc) is 2.44. The van der Waals surface area contributed by atoms with Gasteiger partial charge in [-0.25, -0.2) is 0 Å². The summed E-state index contributed by atoms with van der Waals surface area (Å²) in [5.41, 5.74) is -3.57. The van der Waals surface area contributed by atoms with Gasteiger partial charge in [-0.1, -0.05) is 23.7 Å². The van der Waals surface area contributed by atoms with Gasteiger partial charge in [-0.3, -0.25) is 4.79 Å². The van der Waals surface area contributed by atoms with E-state index in [1.165, 1.54) is 4.90 Å². The molecule has 0 bridgehead atoms. The van der Waals surface area contributed by atoms with Crippen LogP contribution in [0.4, 0.5) is 13.2 Å². The van der Waals surface area contributed by atoms with Crippen molar-refractivity contribution >= 4 is 41.7 Å². The van der Waals surface area contributed by atoms with Crippen molar-refractivity contribution in [3.05, 3.63) is 34.9 Å². The first-order chi connectivity index (χ1) is 9.87. The molecule has 3 nitrogen and oxygen atoms in total. The molecular weight excluding hydrogens is 360 g/mol. The summed E-state index contributed by atoms with van der Waals surface area (Å²) in [5.74, 6) is -1.11. The molecule has 1 amide bonds. The molecular formula is C13H15Cl2F3N2OS. The second-order valence-corrected chi connectivity index (χ2v) is 6.07. The first kappa shape index (κ1) is 19.4. The molecule has 1 fully saturated rings. The zero-order valence-corrected chi connectivity index (χ0v) is 13.8. The Morgan fingerprint density at radius 3 is 2.82 bits per heavy atom. The van der Waals surface area contributed by atoms with E-state index in [1.54, 1.807) is 18.2 Å². The van der Waals surface area contributed by atoms with Gasteiger partial charge in [0.1, 0.15) is 0 Å². The van der Waals surface area contributed by atoms with Gasteiger partial charge >= 0.3 is 5.51 Å². The molecule has 1 N–H and O–H groups in total. The maximum absolute atomic E-state index is 12.2. The summed E-state index contributed by atoms with van der Waals surface area (Å²) in [4.78, 5) is 13.5. The standard InChI is InChI=1S/C13H14ClF3N2OS.ClH/c14-10-3-1-2-9(6-10)11-7-18-4-5-19(11)12(20)8-21-13(15,16)17;/h1-3,6,11,18H,4-5,7-8H2;1H. The van der Waals surface area contributed by atoms with Gasteiger partial charge in [-0.2, -0.15) is 13.2 Å². The summed E-state index contributed by atoms with van der Waals surface area (Å²) < 4.78 is 36.7. The fraction of sp³-hybridized carbons (Fsp3) is 0.462. The number of nitrogens with zero attached hydrogens (tertiary/aromatic N) is 1. The number of hydrogen-bond acceptors (Lipinski definition) is 3. The molecule has 22 heavy (non-hydrogen) atoms. The molecule has 1 aromatic carbocycles. The lowest BCUT2D eigenvalue weighted by molar-refractivity contribution is -0.131. The van der Waals surface area contributed by atoms with E-state index < -0.39 is 17.2 Å². The minimum atomic E-state index is -4.39. The van der Waals surface area contributed by atoms with Crippen molar-refractivity contribution in [2.75, 3.05) is 25.4 Å². The fourth-order valence-corrected chi connectivity index (χ4v) is 2.89. The molecule has 0 radical (unpaired) electrons. The summed E-state index contributed by atoms with van der Waals surface area (Å²) in [6, 6.07) is 6.74. The van der Waals surface area contributed by atoms with Crippen LogP contribution in [0, 0.1) is 0 Å². The Labute approximate surface area is 142 Å². The van der Waals surface area contributed by atoms with Crippen LogP contribution in [-0.2, 0) is 4.79 Å². The fourth-order valence-electron chi connectivity index (χ4n) is 2.24. The number of thioether (sulfide) groups is 1. The highest BCUT2D eigenvalue weighted by Crippen LogP contribution is 2.31. The molecule has 1 saturated heterocycles. The van der Waals surface area contributed by atoms with Crippen molar-refractivity contribution in [3.63, 3.8) is 0 Å². The van der Waals surface area contributed by atoms with Gasteiger partial charge in [0.25, 0.3) is 0 Å². The molecule has 1 heterocycles. The summed E-state index contributed by atoms with van der Waals surface area (Å²) in [6.45, 7) is 1.46. The number of halogens is 5. The van der Waals surface area contributed by atoms with Crippen LogP contribution in [0.1, 0.15) is 11.6 Å². The van der Waals surface area contributed by atoms with E-state index in [9.17, 15) is 18.0 Å². The van der Waals surface area contributed by atoms with Crippen molar-refractivity contribution in [1.29, 1.82) is 0 Å². The Morgan fingerprint density at radius 1 is 1.45 bits per heavy atom. The third-order valence-electron chi connectivity index (χ3n) is 3.16. The molecule has 1 atom stereocenters. The van der Waals surface area contributed by atoms with Crippen LogP contribution in [0.25, 0.3) is 0 Å². The number of carbonyl (C=O) groups excluding carboxylic acids is 1. The van der Waals surface area contributed by atoms with Gasteiger partial charge in [0, 0.05) is 24.7 Å². The number of piperazine rings is 1. The maximum Gasteiger partial charge on any atom is 0.442 e. The second-order valence-electron chi connectivity index (χ2n) is 4.60. The first-order valence-corrected chi connectivity index (χ1v) is 7.69. The predicted molar refractivity (Wildman–Crippen MR) is 84.5 cm³/mol. The van der Waals surface area contributed by atoms with Gasteiger partial charge in [0.15, 0.2) is 0 Å². The molecule has 0 spiro atoms. The molecule has 1 aromatic rings. The van der Waals surface area contributed by atoms with Crippen LogP contribution in [0.5, 0.6) is 0 Å². The third kappa shape index (κ3) is 5.53. The zero-order chi connectivity index (χ0) is 15.5. The number of carbonyl (C=O) groups is 1. The summed E-state index contributed by atoms with van der Waals surface area (Å²) >= 11 is 5.63. The van der Waals surface area contributed by atoms with Crippen molar-refractivity contribution in [1.82, 2.24) is 10.2 Å². The van der Waals surface area contributed by atoms with Gasteiger partial charge < -0.3 is 10.2 Å². The minimum Gasteiger partial charge on any atom is -0.332 e. The molecule has 1 unspecified atom stereocenters. The van der Waals surface area contributed by atoms with Crippen LogP contribution in [0.15, 0.2) is 24.3 Å². The second kappa shape index (κ2) is 8.29. The van der Waals surface area contributed by atoms with E-state index >= 15 is 0 Å². The van der Waals surface area contributed by atoms with Crippen molar-refractivity contribution in [2.45, 2.75) is 11.6 Å². The molecule has 124 valence electrons. The van der Waals surface area contributed by atoms with Crippen LogP contribution in [0.2, 0.25) is 5.02 Å². The summed E-state index contributed by atoms with van der Waals surface area (Å²) in [7, 11) is 0. The summed E-state index contributed by atoms with van der Waals surface area (Å²) in [5, 5.41) is 3.68. The third-order valence-corrected chi connectivity index (χ3v) is 4.11. The highest BCUT2D eigenvalue weighted by Gasteiger charge is 2.33. The predicted octanol–water partition coefficient (Wildman–Crippen LogP) is 3.49. The monoisotopic (exact) mass is 374 g/mol. The quantitative estimate of drug-likeness (QED) is 0.878. The van der Waals surface area contributed by atoms with Crippen LogP contribution < -0.4 is 5.32 Å². The van der Waals surface area contributed by atoms with Crippen molar-refractivity contribution < 1.29 is 18.0 Å². The lowest BCUT2D eigenvalue weighted by Crippen LogP contribution is -2.49. The normalized spacial score (nSPS) is 18.7. The zero-order valence-electron chi connectivity index (χ0n) is 11.4. The Morgan fingerprint density at radius 2 is 2.18 bits per heavy atom. The topological polar surface area (TPSA) is 32.3 Å². The maximum atomic E-state index is 12.2. The molecule has 0 aliphatic carbocycles. The van der Waals surface area contributed by atoms with Crippen molar-refractivity contribution in [2.24, 2.45) is 0 Å². The van der Waals surface area contributed by atoms with Crippen molar-refractivity contribution in [3.8, 4) is 0 Å². The van der Waals surface area contributed by atoms with Gasteiger partial charge in [0.2, 0.25) is 5.91 Å². The lowest BCUT2D eigenvalue weighted by Gasteiger charge is -2.36. The molecule has 0 saturated carbocycles. The van der Waals surface area contributed by atoms with Crippen LogP contribution in [-0.4, -0.2) is 41.7 Å². The smallest absolute Gasteiger partial charge is 0.332 e. The Bertz CT molecular complexity index is 516. The number of benzene rings is 1. The molecule has 1 aliphatic rings. The van der Waals surface area contributed by atoms with E-state index in [2.05, 4.69) is 5.32 Å². The highest BCUT2D eigenvalue weighted by atomic mass is 35.5. The largest absolute Gasteiger partial charge is 0.442 e. The van der Waals surface area contributed by atoms with Gasteiger partial charge in [-0.05, 0) is 29.5 Å². The van der Waals surface area contributed by atoms with E-state index in [1.807, 2.05) is 6.07 Å². The number of hydrogen-bond donors (Lipinski definition) is 1.